The molecule has 0 atom stereocenters. The molecular weight excluding hydrogens is 468 g/mol. The van der Waals surface area contributed by atoms with Gasteiger partial charge >= 0.3 is 6.01 Å². The number of aliphatic hydroxyl groups is 1. The van der Waals surface area contributed by atoms with Gasteiger partial charge in [-0.2, -0.15) is 0 Å². The van der Waals surface area contributed by atoms with Crippen LogP contribution in [0.4, 0.5) is 23.2 Å². The first kappa shape index (κ1) is 24.5. The number of aromatic nitrogens is 3. The van der Waals surface area contributed by atoms with E-state index in [0.717, 1.165) is 18.2 Å². The molecular formula is C24H22F4N4O3. The molecule has 2 heterocycles. The van der Waals surface area contributed by atoms with E-state index in [1.807, 2.05) is 0 Å². The van der Waals surface area contributed by atoms with Crippen molar-refractivity contribution in [1.29, 1.82) is 0 Å². The number of nitrogens with one attached hydrogen (secondary N) is 1. The molecule has 0 aliphatic heterocycles. The largest absolute Gasteiger partial charge is 0.461 e. The predicted octanol–water partition coefficient (Wildman–Crippen LogP) is 4.73. The third-order valence-electron chi connectivity index (χ3n) is 5.75. The van der Waals surface area contributed by atoms with Crippen LogP contribution in [0.1, 0.15) is 47.7 Å². The fraction of sp³-hybridized carbons (Fsp3) is 0.333. The maximum atomic E-state index is 14.7. The Labute approximate surface area is 198 Å². The van der Waals surface area contributed by atoms with Gasteiger partial charge in [0.15, 0.2) is 0 Å². The lowest BCUT2D eigenvalue weighted by atomic mass is 9.83. The smallest absolute Gasteiger partial charge is 0.316 e. The number of halogens is 4. The second-order valence-electron chi connectivity index (χ2n) is 8.15. The molecule has 11 heteroatoms. The van der Waals surface area contributed by atoms with Gasteiger partial charge in [0.2, 0.25) is 5.92 Å². The van der Waals surface area contributed by atoms with Crippen LogP contribution in [0, 0.1) is 11.6 Å². The van der Waals surface area contributed by atoms with Crippen molar-refractivity contribution in [1.82, 2.24) is 15.0 Å². The number of anilines is 1. The Balaban J connectivity index is 1.71. The zero-order chi connectivity index (χ0) is 25.0. The number of aliphatic hydroxyl groups excluding tert-OH is 1. The van der Waals surface area contributed by atoms with E-state index in [-0.39, 0.29) is 67.3 Å². The fourth-order valence-corrected chi connectivity index (χ4v) is 3.99. The van der Waals surface area contributed by atoms with Gasteiger partial charge in [0.25, 0.3) is 5.91 Å². The van der Waals surface area contributed by atoms with Gasteiger partial charge in [-0.05, 0) is 37.1 Å². The molecule has 0 spiro atoms. The van der Waals surface area contributed by atoms with Crippen LogP contribution in [0.25, 0.3) is 11.1 Å². The van der Waals surface area contributed by atoms with E-state index in [4.69, 9.17) is 9.84 Å². The number of pyridine rings is 1. The van der Waals surface area contributed by atoms with Crippen molar-refractivity contribution < 1.29 is 32.2 Å². The summed E-state index contributed by atoms with van der Waals surface area (Å²) in [5.74, 6) is -5.24. The summed E-state index contributed by atoms with van der Waals surface area (Å²) in [5.41, 5.74) is 0.532. The molecule has 0 bridgehead atoms. The standard InChI is InChI=1S/C24H22F4N4O3/c25-16-1-2-19(26)18(11-16)17-5-8-29-20(14-3-6-24(27,28)7-4-14)21(17)32-22(34)15-12-30-23(31-13-15)35-10-9-33/h1-2,5,8,11-14,33H,3-4,6-7,9-10H2,(H,32,34). The summed E-state index contributed by atoms with van der Waals surface area (Å²) < 4.78 is 61.2. The molecule has 1 fully saturated rings. The van der Waals surface area contributed by atoms with Crippen LogP contribution in [-0.2, 0) is 0 Å². The lowest BCUT2D eigenvalue weighted by Gasteiger charge is -2.29. The average molecular weight is 490 g/mol. The molecule has 184 valence electrons. The lowest BCUT2D eigenvalue weighted by molar-refractivity contribution is -0.0384. The number of rotatable bonds is 7. The summed E-state index contributed by atoms with van der Waals surface area (Å²) in [7, 11) is 0. The zero-order valence-corrected chi connectivity index (χ0v) is 18.5. The summed E-state index contributed by atoms with van der Waals surface area (Å²) >= 11 is 0. The Morgan fingerprint density at radius 1 is 1.09 bits per heavy atom. The highest BCUT2D eigenvalue weighted by Crippen LogP contribution is 2.44. The van der Waals surface area contributed by atoms with Gasteiger partial charge in [0.05, 0.1) is 23.6 Å². The number of carbonyl (C=O) groups is 1. The van der Waals surface area contributed by atoms with Gasteiger partial charge in [-0.25, -0.2) is 27.5 Å². The van der Waals surface area contributed by atoms with Crippen LogP contribution in [0.5, 0.6) is 6.01 Å². The van der Waals surface area contributed by atoms with Crippen molar-refractivity contribution in [2.45, 2.75) is 37.5 Å². The molecule has 0 unspecified atom stereocenters. The number of hydrogen-bond donors (Lipinski definition) is 2. The molecule has 1 aliphatic carbocycles. The molecule has 1 amide bonds. The molecule has 7 nitrogen and oxygen atoms in total. The minimum atomic E-state index is -2.77. The maximum absolute atomic E-state index is 14.7. The first-order chi connectivity index (χ1) is 16.8. The van der Waals surface area contributed by atoms with Crippen molar-refractivity contribution in [3.63, 3.8) is 0 Å². The first-order valence-corrected chi connectivity index (χ1v) is 11.0. The maximum Gasteiger partial charge on any atom is 0.316 e. The van der Waals surface area contributed by atoms with E-state index in [9.17, 15) is 22.4 Å². The molecule has 4 rings (SSSR count). The molecule has 1 saturated carbocycles. The van der Waals surface area contributed by atoms with Gasteiger partial charge in [-0.1, -0.05) is 0 Å². The van der Waals surface area contributed by atoms with Crippen LogP contribution in [0.3, 0.4) is 0 Å². The SMILES string of the molecule is O=C(Nc1c(-c2cc(F)ccc2F)ccnc1C1CCC(F)(F)CC1)c1cnc(OCCO)nc1. The van der Waals surface area contributed by atoms with Gasteiger partial charge < -0.3 is 15.2 Å². The topological polar surface area (TPSA) is 97.2 Å². The Hall–Kier alpha value is -3.60. The highest BCUT2D eigenvalue weighted by Gasteiger charge is 2.37. The summed E-state index contributed by atoms with van der Waals surface area (Å²) in [6.07, 6.45) is 3.36. The van der Waals surface area contributed by atoms with Crippen molar-refractivity contribution >= 4 is 11.6 Å². The van der Waals surface area contributed by atoms with E-state index >= 15 is 0 Å². The summed E-state index contributed by atoms with van der Waals surface area (Å²) in [6, 6.07) is 4.33. The number of carbonyl (C=O) groups excluding carboxylic acids is 1. The highest BCUT2D eigenvalue weighted by molar-refractivity contribution is 6.06. The quantitative estimate of drug-likeness (QED) is 0.465. The third kappa shape index (κ3) is 5.73. The molecule has 2 aromatic heterocycles. The van der Waals surface area contributed by atoms with Gasteiger partial charge in [-0.15, -0.1) is 0 Å². The van der Waals surface area contributed by atoms with Crippen molar-refractivity contribution in [3.8, 4) is 17.1 Å². The number of alkyl halides is 2. The molecule has 2 N–H and O–H groups in total. The molecule has 0 saturated heterocycles. The number of nitrogens with zero attached hydrogens (tertiary/aromatic N) is 3. The van der Waals surface area contributed by atoms with Crippen LogP contribution in [0.2, 0.25) is 0 Å². The molecule has 3 aromatic rings. The predicted molar refractivity (Wildman–Crippen MR) is 118 cm³/mol. The number of amides is 1. The van der Waals surface area contributed by atoms with E-state index in [0.29, 0.717) is 5.69 Å². The Kier molecular flexibility index (Phi) is 7.25. The average Bonchev–Trinajstić information content (AvgIpc) is 2.85. The van der Waals surface area contributed by atoms with Crippen LogP contribution in [-0.4, -0.2) is 45.1 Å². The van der Waals surface area contributed by atoms with E-state index in [2.05, 4.69) is 20.3 Å². The number of ether oxygens (including phenoxy) is 1. The van der Waals surface area contributed by atoms with Crippen molar-refractivity contribution in [3.05, 3.63) is 65.7 Å². The van der Waals surface area contributed by atoms with Gasteiger partial charge in [0, 0.05) is 48.5 Å². The highest BCUT2D eigenvalue weighted by atomic mass is 19.3. The minimum Gasteiger partial charge on any atom is -0.461 e. The third-order valence-corrected chi connectivity index (χ3v) is 5.75. The van der Waals surface area contributed by atoms with E-state index in [1.54, 1.807) is 0 Å². The van der Waals surface area contributed by atoms with Gasteiger partial charge in [0.1, 0.15) is 18.2 Å². The van der Waals surface area contributed by atoms with Crippen LogP contribution in [0.15, 0.2) is 42.9 Å². The summed E-state index contributed by atoms with van der Waals surface area (Å²) in [4.78, 5) is 25.2. The van der Waals surface area contributed by atoms with Crippen LogP contribution >= 0.6 is 0 Å². The Morgan fingerprint density at radius 2 is 1.80 bits per heavy atom. The van der Waals surface area contributed by atoms with Gasteiger partial charge in [-0.3, -0.25) is 9.78 Å². The zero-order valence-electron chi connectivity index (χ0n) is 18.5. The van der Waals surface area contributed by atoms with Crippen molar-refractivity contribution in [2.75, 3.05) is 18.5 Å². The van der Waals surface area contributed by atoms with Crippen molar-refractivity contribution in [2.24, 2.45) is 0 Å². The summed E-state index contributed by atoms with van der Waals surface area (Å²) in [6.45, 7) is -0.254. The minimum absolute atomic E-state index is 0.0203. The molecule has 1 aliphatic rings. The van der Waals surface area contributed by atoms with Crippen LogP contribution < -0.4 is 10.1 Å². The normalized spacial score (nSPS) is 15.6. The summed E-state index contributed by atoms with van der Waals surface area (Å²) in [5, 5.41) is 11.5. The second kappa shape index (κ2) is 10.3. The first-order valence-electron chi connectivity index (χ1n) is 11.0. The Bertz CT molecular complexity index is 1200. The van der Waals surface area contributed by atoms with E-state index in [1.165, 1.54) is 24.7 Å². The molecule has 0 radical (unpaired) electrons. The fourth-order valence-electron chi connectivity index (χ4n) is 3.99. The lowest BCUT2D eigenvalue weighted by Crippen LogP contribution is -2.25. The number of benzene rings is 1. The monoisotopic (exact) mass is 490 g/mol. The molecule has 1 aromatic carbocycles. The Morgan fingerprint density at radius 3 is 2.49 bits per heavy atom. The second-order valence-corrected chi connectivity index (χ2v) is 8.15. The molecule has 35 heavy (non-hydrogen) atoms. The number of hydrogen-bond acceptors (Lipinski definition) is 6. The van der Waals surface area contributed by atoms with E-state index < -0.39 is 29.4 Å².